The van der Waals surface area contributed by atoms with E-state index in [9.17, 15) is 14.3 Å². The summed E-state index contributed by atoms with van der Waals surface area (Å²) in [6, 6.07) is 27.7. The smallest absolute Gasteiger partial charge is 0.273 e. The molecule has 1 amide bonds. The number of aromatic nitrogens is 2. The lowest BCUT2D eigenvalue weighted by Crippen LogP contribution is -2.29. The molecule has 2 N–H and O–H groups in total. The first-order valence-electron chi connectivity index (χ1n) is 12.4. The standard InChI is InChI=1S/C31H23ClFN3O3/c32-22-11-14-26(37)25(16-22)28-27-29(35-34-28)31(38)36(17-19-9-12-23(33)13-10-19)30(27)21-7-4-8-24(15-21)39-18-20-5-2-1-3-6-20/h1-16,30,37H,17-18H2,(H,34,35). The number of phenols is 1. The number of aromatic hydroxyl groups is 1. The molecule has 0 saturated carbocycles. The molecule has 0 aliphatic carbocycles. The zero-order chi connectivity index (χ0) is 26.9. The van der Waals surface area contributed by atoms with Gasteiger partial charge in [0.25, 0.3) is 5.91 Å². The summed E-state index contributed by atoms with van der Waals surface area (Å²) in [5, 5.41) is 18.4. The molecule has 0 bridgehead atoms. The van der Waals surface area contributed by atoms with Crippen molar-refractivity contribution in [3.63, 3.8) is 0 Å². The molecule has 1 unspecified atom stereocenters. The minimum Gasteiger partial charge on any atom is -0.507 e. The maximum absolute atomic E-state index is 13.7. The summed E-state index contributed by atoms with van der Waals surface area (Å²) in [4.78, 5) is 15.4. The SMILES string of the molecule is O=C1c2[nH]nc(-c3cc(Cl)ccc3O)c2C(c2cccc(OCc3ccccc3)c2)N1Cc1ccc(F)cc1. The van der Waals surface area contributed by atoms with Gasteiger partial charge in [-0.1, -0.05) is 66.2 Å². The number of H-pyrrole nitrogens is 1. The highest BCUT2D eigenvalue weighted by Crippen LogP contribution is 2.46. The van der Waals surface area contributed by atoms with Gasteiger partial charge in [0.1, 0.15) is 35.3 Å². The zero-order valence-corrected chi connectivity index (χ0v) is 21.4. The Morgan fingerprint density at radius 3 is 2.54 bits per heavy atom. The van der Waals surface area contributed by atoms with E-state index >= 15 is 0 Å². The number of fused-ring (bicyclic) bond motifs is 1. The van der Waals surface area contributed by atoms with Gasteiger partial charge in [-0.25, -0.2) is 4.39 Å². The molecule has 1 aliphatic rings. The predicted octanol–water partition coefficient (Wildman–Crippen LogP) is 6.90. The summed E-state index contributed by atoms with van der Waals surface area (Å²) in [6.07, 6.45) is 0. The van der Waals surface area contributed by atoms with Crippen molar-refractivity contribution in [1.82, 2.24) is 15.1 Å². The zero-order valence-electron chi connectivity index (χ0n) is 20.6. The molecular formula is C31H23ClFN3O3. The Hall–Kier alpha value is -4.62. The second kappa shape index (κ2) is 10.3. The molecule has 4 aromatic carbocycles. The number of aromatic amines is 1. The molecule has 1 aromatic heterocycles. The number of nitrogens with zero attached hydrogens (tertiary/aromatic N) is 2. The summed E-state index contributed by atoms with van der Waals surface area (Å²) < 4.78 is 19.7. The average Bonchev–Trinajstić information content (AvgIpc) is 3.49. The largest absolute Gasteiger partial charge is 0.507 e. The summed E-state index contributed by atoms with van der Waals surface area (Å²) in [7, 11) is 0. The highest BCUT2D eigenvalue weighted by molar-refractivity contribution is 6.31. The van der Waals surface area contributed by atoms with E-state index in [1.54, 1.807) is 29.2 Å². The van der Waals surface area contributed by atoms with Crippen molar-refractivity contribution in [2.24, 2.45) is 0 Å². The van der Waals surface area contributed by atoms with E-state index in [2.05, 4.69) is 10.2 Å². The molecule has 1 atom stereocenters. The lowest BCUT2D eigenvalue weighted by atomic mass is 9.95. The second-order valence-corrected chi connectivity index (χ2v) is 9.77. The van der Waals surface area contributed by atoms with Gasteiger partial charge in [-0.3, -0.25) is 9.89 Å². The Balaban J connectivity index is 1.43. The van der Waals surface area contributed by atoms with Gasteiger partial charge in [0.2, 0.25) is 0 Å². The number of hydrogen-bond acceptors (Lipinski definition) is 4. The minimum absolute atomic E-state index is 0.00294. The minimum atomic E-state index is -0.551. The highest BCUT2D eigenvalue weighted by atomic mass is 35.5. The van der Waals surface area contributed by atoms with Crippen molar-refractivity contribution in [2.75, 3.05) is 0 Å². The van der Waals surface area contributed by atoms with Crippen LogP contribution in [0.1, 0.15) is 38.8 Å². The van der Waals surface area contributed by atoms with Gasteiger partial charge in [-0.2, -0.15) is 5.10 Å². The number of hydrogen-bond donors (Lipinski definition) is 2. The van der Waals surface area contributed by atoms with Gasteiger partial charge in [-0.15, -0.1) is 0 Å². The maximum atomic E-state index is 13.7. The number of amides is 1. The normalized spacial score (nSPS) is 14.5. The van der Waals surface area contributed by atoms with E-state index in [0.29, 0.717) is 39.9 Å². The summed E-state index contributed by atoms with van der Waals surface area (Å²) in [5.74, 6) is 0.0427. The van der Waals surface area contributed by atoms with Crippen LogP contribution in [0.3, 0.4) is 0 Å². The van der Waals surface area contributed by atoms with Crippen molar-refractivity contribution in [2.45, 2.75) is 19.2 Å². The second-order valence-electron chi connectivity index (χ2n) is 9.33. The molecule has 6 rings (SSSR count). The van der Waals surface area contributed by atoms with Gasteiger partial charge in [-0.05, 0) is 59.2 Å². The lowest BCUT2D eigenvalue weighted by molar-refractivity contribution is 0.0729. The molecule has 194 valence electrons. The number of phenolic OH excluding ortho intramolecular Hbond substituents is 1. The molecule has 0 spiro atoms. The van der Waals surface area contributed by atoms with Crippen LogP contribution in [0.4, 0.5) is 4.39 Å². The third-order valence-electron chi connectivity index (χ3n) is 6.77. The molecule has 6 nitrogen and oxygen atoms in total. The topological polar surface area (TPSA) is 78.5 Å². The molecule has 2 heterocycles. The fourth-order valence-corrected chi connectivity index (χ4v) is 5.08. The van der Waals surface area contributed by atoms with Crippen LogP contribution < -0.4 is 4.74 Å². The highest BCUT2D eigenvalue weighted by Gasteiger charge is 2.42. The third-order valence-corrected chi connectivity index (χ3v) is 7.00. The van der Waals surface area contributed by atoms with Crippen LogP contribution in [-0.4, -0.2) is 26.1 Å². The molecule has 1 aliphatic heterocycles. The Labute approximate surface area is 229 Å². The van der Waals surface area contributed by atoms with Crippen LogP contribution in [0.5, 0.6) is 11.5 Å². The molecule has 0 saturated heterocycles. The molecule has 8 heteroatoms. The van der Waals surface area contributed by atoms with Crippen molar-refractivity contribution in [1.29, 1.82) is 0 Å². The lowest BCUT2D eigenvalue weighted by Gasteiger charge is -2.27. The van der Waals surface area contributed by atoms with Gasteiger partial charge in [0.05, 0.1) is 6.04 Å². The number of ether oxygens (including phenoxy) is 1. The van der Waals surface area contributed by atoms with Crippen LogP contribution in [0, 0.1) is 5.82 Å². The number of nitrogens with one attached hydrogen (secondary N) is 1. The van der Waals surface area contributed by atoms with E-state index in [4.69, 9.17) is 16.3 Å². The number of benzene rings is 4. The average molecular weight is 540 g/mol. The number of rotatable bonds is 7. The first kappa shape index (κ1) is 24.7. The van der Waals surface area contributed by atoms with E-state index in [0.717, 1.165) is 16.7 Å². The van der Waals surface area contributed by atoms with Crippen molar-refractivity contribution >= 4 is 17.5 Å². The molecule has 39 heavy (non-hydrogen) atoms. The summed E-state index contributed by atoms with van der Waals surface area (Å²) in [5.41, 5.74) is 4.41. The van der Waals surface area contributed by atoms with Crippen molar-refractivity contribution < 1.29 is 19.0 Å². The molecular weight excluding hydrogens is 517 g/mol. The van der Waals surface area contributed by atoms with E-state index < -0.39 is 6.04 Å². The van der Waals surface area contributed by atoms with E-state index in [-0.39, 0.29) is 24.0 Å². The molecule has 5 aromatic rings. The van der Waals surface area contributed by atoms with Crippen LogP contribution in [0.2, 0.25) is 5.02 Å². The Bertz CT molecular complexity index is 1650. The third kappa shape index (κ3) is 4.84. The number of halogens is 2. The summed E-state index contributed by atoms with van der Waals surface area (Å²) >= 11 is 6.25. The van der Waals surface area contributed by atoms with Crippen LogP contribution in [0.15, 0.2) is 97.1 Å². The molecule has 0 radical (unpaired) electrons. The molecule has 0 fully saturated rings. The van der Waals surface area contributed by atoms with Crippen LogP contribution in [-0.2, 0) is 13.2 Å². The summed E-state index contributed by atoms with van der Waals surface area (Å²) in [6.45, 7) is 0.633. The first-order valence-corrected chi connectivity index (χ1v) is 12.7. The Morgan fingerprint density at radius 1 is 0.949 bits per heavy atom. The maximum Gasteiger partial charge on any atom is 0.273 e. The fourth-order valence-electron chi connectivity index (χ4n) is 4.91. The number of carbonyl (C=O) groups is 1. The van der Waals surface area contributed by atoms with Gasteiger partial charge >= 0.3 is 0 Å². The van der Waals surface area contributed by atoms with Gasteiger partial charge in [0.15, 0.2) is 0 Å². The first-order chi connectivity index (χ1) is 19.0. The number of carbonyl (C=O) groups excluding carboxylic acids is 1. The van der Waals surface area contributed by atoms with Crippen molar-refractivity contribution in [3.8, 4) is 22.8 Å². The predicted molar refractivity (Wildman–Crippen MR) is 146 cm³/mol. The van der Waals surface area contributed by atoms with Gasteiger partial charge in [0, 0.05) is 22.7 Å². The van der Waals surface area contributed by atoms with E-state index in [1.165, 1.54) is 18.2 Å². The fraction of sp³-hybridized carbons (Fsp3) is 0.0968. The monoisotopic (exact) mass is 539 g/mol. The van der Waals surface area contributed by atoms with Gasteiger partial charge < -0.3 is 14.7 Å². The Kier molecular flexibility index (Phi) is 6.50. The van der Waals surface area contributed by atoms with Crippen molar-refractivity contribution in [3.05, 3.63) is 136 Å². The Morgan fingerprint density at radius 2 is 1.74 bits per heavy atom. The quantitative estimate of drug-likeness (QED) is 0.236. The van der Waals surface area contributed by atoms with Crippen LogP contribution >= 0.6 is 11.6 Å². The van der Waals surface area contributed by atoms with E-state index in [1.807, 2.05) is 54.6 Å². The van der Waals surface area contributed by atoms with Crippen LogP contribution in [0.25, 0.3) is 11.3 Å².